The van der Waals surface area contributed by atoms with Gasteiger partial charge < -0.3 is 0 Å². The summed E-state index contributed by atoms with van der Waals surface area (Å²) in [6, 6.07) is 7.25. The molecule has 0 aromatic heterocycles. The number of unbranched alkanes of at least 4 members (excludes halogenated alkanes) is 2. The molecule has 108 valence electrons. The summed E-state index contributed by atoms with van der Waals surface area (Å²) in [5, 5.41) is 0. The van der Waals surface area contributed by atoms with Crippen LogP contribution in [0.15, 0.2) is 18.2 Å². The first kappa shape index (κ1) is 16.3. The monoisotopic (exact) mass is 260 g/mol. The van der Waals surface area contributed by atoms with E-state index in [0.717, 1.165) is 0 Å². The third kappa shape index (κ3) is 5.01. The van der Waals surface area contributed by atoms with E-state index >= 15 is 0 Å². The van der Waals surface area contributed by atoms with Crippen molar-refractivity contribution in [3.8, 4) is 0 Å². The fourth-order valence-electron chi connectivity index (χ4n) is 2.28. The van der Waals surface area contributed by atoms with Gasteiger partial charge in [0, 0.05) is 0 Å². The molecular formula is C19H32. The Morgan fingerprint density at radius 3 is 1.58 bits per heavy atom. The predicted molar refractivity (Wildman–Crippen MR) is 87.1 cm³/mol. The minimum absolute atomic E-state index is 0.237. The molecule has 0 amide bonds. The lowest BCUT2D eigenvalue weighted by atomic mass is 9.79. The smallest absolute Gasteiger partial charge is 0.0132 e. The summed E-state index contributed by atoms with van der Waals surface area (Å²) in [6.07, 6.45) is 5.17. The zero-order valence-electron chi connectivity index (χ0n) is 14.1. The van der Waals surface area contributed by atoms with Gasteiger partial charge in [0.25, 0.3) is 0 Å². The lowest BCUT2D eigenvalue weighted by Gasteiger charge is -2.26. The molecule has 0 spiro atoms. The molecule has 19 heavy (non-hydrogen) atoms. The Hall–Kier alpha value is -0.780. The van der Waals surface area contributed by atoms with Crippen molar-refractivity contribution >= 4 is 0 Å². The lowest BCUT2D eigenvalue weighted by Crippen LogP contribution is -2.17. The lowest BCUT2D eigenvalue weighted by molar-refractivity contribution is 0.566. The summed E-state index contributed by atoms with van der Waals surface area (Å²) in [7, 11) is 0. The van der Waals surface area contributed by atoms with Gasteiger partial charge in [-0.1, -0.05) is 79.5 Å². The molecule has 0 aliphatic carbocycles. The van der Waals surface area contributed by atoms with Gasteiger partial charge in [0.05, 0.1) is 0 Å². The molecule has 0 heterocycles. The van der Waals surface area contributed by atoms with Gasteiger partial charge in [-0.2, -0.15) is 0 Å². The molecule has 1 rings (SSSR count). The summed E-state index contributed by atoms with van der Waals surface area (Å²) >= 11 is 0. The van der Waals surface area contributed by atoms with Gasteiger partial charge in [-0.3, -0.25) is 0 Å². The molecule has 0 saturated carbocycles. The molecule has 0 aliphatic heterocycles. The Balaban J connectivity index is 3.10. The Kier molecular flexibility index (Phi) is 5.24. The molecule has 0 atom stereocenters. The Labute approximate surface area is 120 Å². The highest BCUT2D eigenvalue weighted by molar-refractivity contribution is 5.37. The van der Waals surface area contributed by atoms with Crippen molar-refractivity contribution in [2.45, 2.75) is 85.0 Å². The van der Waals surface area contributed by atoms with Crippen LogP contribution in [-0.2, 0) is 17.3 Å². The van der Waals surface area contributed by atoms with E-state index in [0.29, 0.717) is 0 Å². The van der Waals surface area contributed by atoms with Gasteiger partial charge in [-0.15, -0.1) is 0 Å². The van der Waals surface area contributed by atoms with E-state index in [1.54, 1.807) is 0 Å². The Bertz CT molecular complexity index is 367. The first-order valence-corrected chi connectivity index (χ1v) is 7.79. The third-order valence-corrected chi connectivity index (χ3v) is 3.79. The van der Waals surface area contributed by atoms with Crippen molar-refractivity contribution < 1.29 is 0 Å². The van der Waals surface area contributed by atoms with Crippen LogP contribution in [0.4, 0.5) is 0 Å². The van der Waals surface area contributed by atoms with Gasteiger partial charge in [-0.25, -0.2) is 0 Å². The molecule has 0 radical (unpaired) electrons. The number of benzene rings is 1. The topological polar surface area (TPSA) is 0 Å². The van der Waals surface area contributed by atoms with Crippen LogP contribution in [0.25, 0.3) is 0 Å². The maximum absolute atomic E-state index is 2.42. The molecular weight excluding hydrogens is 228 g/mol. The highest BCUT2D eigenvalue weighted by Gasteiger charge is 2.20. The largest absolute Gasteiger partial charge is 0.0654 e. The molecule has 0 aliphatic rings. The maximum Gasteiger partial charge on any atom is -0.0132 e. The van der Waals surface area contributed by atoms with E-state index in [2.05, 4.69) is 66.7 Å². The van der Waals surface area contributed by atoms with Gasteiger partial charge >= 0.3 is 0 Å². The zero-order valence-corrected chi connectivity index (χ0v) is 14.1. The molecule has 0 nitrogen and oxygen atoms in total. The van der Waals surface area contributed by atoms with Crippen LogP contribution in [0, 0.1) is 0 Å². The van der Waals surface area contributed by atoms with Crippen LogP contribution >= 0.6 is 0 Å². The van der Waals surface area contributed by atoms with Crippen LogP contribution in [0.2, 0.25) is 0 Å². The SMILES string of the molecule is CCCCCc1cc(C(C)(C)C)cc(C(C)(C)C)c1. The molecule has 0 heteroatoms. The van der Waals surface area contributed by atoms with E-state index in [-0.39, 0.29) is 10.8 Å². The number of hydrogen-bond donors (Lipinski definition) is 0. The predicted octanol–water partition coefficient (Wildman–Crippen LogP) is 6.01. The van der Waals surface area contributed by atoms with Gasteiger partial charge in [0.2, 0.25) is 0 Å². The van der Waals surface area contributed by atoms with Crippen molar-refractivity contribution in [2.24, 2.45) is 0 Å². The molecule has 0 N–H and O–H groups in total. The molecule has 0 saturated heterocycles. The summed E-state index contributed by atoms with van der Waals surface area (Å²) in [5.41, 5.74) is 4.95. The normalized spacial score (nSPS) is 12.8. The summed E-state index contributed by atoms with van der Waals surface area (Å²) < 4.78 is 0. The minimum atomic E-state index is 0.237. The Morgan fingerprint density at radius 1 is 0.737 bits per heavy atom. The average Bonchev–Trinajstić information content (AvgIpc) is 2.27. The first-order chi connectivity index (χ1) is 8.64. The van der Waals surface area contributed by atoms with Gasteiger partial charge in [0.15, 0.2) is 0 Å². The van der Waals surface area contributed by atoms with Crippen molar-refractivity contribution in [3.05, 3.63) is 34.9 Å². The second-order valence-electron chi connectivity index (χ2n) is 7.88. The first-order valence-electron chi connectivity index (χ1n) is 7.79. The highest BCUT2D eigenvalue weighted by Crippen LogP contribution is 2.30. The van der Waals surface area contributed by atoms with E-state index < -0.39 is 0 Å². The zero-order chi connectivity index (χ0) is 14.7. The molecule has 0 bridgehead atoms. The number of hydrogen-bond acceptors (Lipinski definition) is 0. The summed E-state index contributed by atoms with van der Waals surface area (Å²) in [4.78, 5) is 0. The minimum Gasteiger partial charge on any atom is -0.0654 e. The number of rotatable bonds is 4. The van der Waals surface area contributed by atoms with Crippen LogP contribution in [0.5, 0.6) is 0 Å². The standard InChI is InChI=1S/C19H32/c1-8-9-10-11-15-12-16(18(2,3)4)14-17(13-15)19(5,6)7/h12-14H,8-11H2,1-7H3. The van der Waals surface area contributed by atoms with E-state index in [1.807, 2.05) is 0 Å². The van der Waals surface area contributed by atoms with Crippen molar-refractivity contribution in [2.75, 3.05) is 0 Å². The van der Waals surface area contributed by atoms with E-state index in [4.69, 9.17) is 0 Å². The fourth-order valence-corrected chi connectivity index (χ4v) is 2.28. The van der Waals surface area contributed by atoms with E-state index in [1.165, 1.54) is 42.4 Å². The third-order valence-electron chi connectivity index (χ3n) is 3.79. The van der Waals surface area contributed by atoms with Crippen LogP contribution in [-0.4, -0.2) is 0 Å². The fraction of sp³-hybridized carbons (Fsp3) is 0.684. The quantitative estimate of drug-likeness (QED) is 0.581. The number of aryl methyl sites for hydroxylation is 1. The molecule has 0 unspecified atom stereocenters. The second-order valence-corrected chi connectivity index (χ2v) is 7.88. The van der Waals surface area contributed by atoms with Crippen LogP contribution < -0.4 is 0 Å². The van der Waals surface area contributed by atoms with Crippen LogP contribution in [0.3, 0.4) is 0 Å². The summed E-state index contributed by atoms with van der Waals surface area (Å²) in [6.45, 7) is 16.1. The van der Waals surface area contributed by atoms with E-state index in [9.17, 15) is 0 Å². The second kappa shape index (κ2) is 6.11. The van der Waals surface area contributed by atoms with Gasteiger partial charge in [-0.05, 0) is 40.4 Å². The van der Waals surface area contributed by atoms with Crippen molar-refractivity contribution in [1.29, 1.82) is 0 Å². The maximum atomic E-state index is 2.42. The summed E-state index contributed by atoms with van der Waals surface area (Å²) in [5.74, 6) is 0. The molecule has 1 aromatic carbocycles. The Morgan fingerprint density at radius 2 is 1.21 bits per heavy atom. The molecule has 0 fully saturated rings. The van der Waals surface area contributed by atoms with Crippen molar-refractivity contribution in [3.63, 3.8) is 0 Å². The van der Waals surface area contributed by atoms with Crippen molar-refractivity contribution in [1.82, 2.24) is 0 Å². The highest BCUT2D eigenvalue weighted by atomic mass is 14.2. The molecule has 1 aromatic rings. The van der Waals surface area contributed by atoms with Crippen LogP contribution in [0.1, 0.15) is 84.4 Å². The average molecular weight is 260 g/mol. The van der Waals surface area contributed by atoms with Gasteiger partial charge in [0.1, 0.15) is 0 Å².